The maximum Gasteiger partial charge on any atom is 0.417 e. The number of carboxylic acid groups (broad SMARTS) is 1. The number of hydrogen-bond acceptors (Lipinski definition) is 8. The van der Waals surface area contributed by atoms with Crippen LogP contribution in [0.5, 0.6) is 5.75 Å². The number of benzene rings is 2. The van der Waals surface area contributed by atoms with Gasteiger partial charge in [0.25, 0.3) is 11.8 Å². The van der Waals surface area contributed by atoms with Crippen molar-refractivity contribution in [2.45, 2.75) is 36.8 Å². The molecule has 0 radical (unpaired) electrons. The first kappa shape index (κ1) is 35.9. The number of fused-ring (bicyclic) bond motifs is 4. The van der Waals surface area contributed by atoms with Crippen LogP contribution in [0.3, 0.4) is 0 Å². The normalized spacial score (nSPS) is 27.0. The van der Waals surface area contributed by atoms with Crippen LogP contribution in [0, 0.1) is 23.7 Å². The number of rotatable bonds is 7. The van der Waals surface area contributed by atoms with Gasteiger partial charge in [0.15, 0.2) is 5.82 Å². The summed E-state index contributed by atoms with van der Waals surface area (Å²) in [6, 6.07) is 11.4. The van der Waals surface area contributed by atoms with Gasteiger partial charge < -0.3 is 10.2 Å². The Hall–Kier alpha value is -4.47. The summed E-state index contributed by atoms with van der Waals surface area (Å²) in [6.07, 6.45) is -3.06. The fourth-order valence-corrected chi connectivity index (χ4v) is 9.09. The van der Waals surface area contributed by atoms with Gasteiger partial charge in [0, 0.05) is 33.7 Å². The van der Waals surface area contributed by atoms with E-state index in [1.807, 2.05) is 0 Å². The van der Waals surface area contributed by atoms with E-state index in [2.05, 4.69) is 26.3 Å². The van der Waals surface area contributed by atoms with Gasteiger partial charge in [-0.25, -0.2) is 4.98 Å². The number of carbonyl (C=O) groups excluding carboxylic acids is 4. The Morgan fingerprint density at radius 2 is 1.73 bits per heavy atom. The van der Waals surface area contributed by atoms with E-state index < -0.39 is 93.6 Å². The van der Waals surface area contributed by atoms with Gasteiger partial charge >= 0.3 is 12.1 Å². The number of amides is 4. The Bertz CT molecular complexity index is 2100. The molecule has 2 aliphatic heterocycles. The van der Waals surface area contributed by atoms with E-state index in [9.17, 15) is 42.6 Å². The number of aromatic nitrogens is 1. The van der Waals surface area contributed by atoms with Crippen molar-refractivity contribution < 1.29 is 47.4 Å². The molecule has 3 N–H and O–H groups in total. The van der Waals surface area contributed by atoms with Gasteiger partial charge in [-0.15, -0.1) is 0 Å². The molecular formula is C35H26BrCl2F3N4O7. The maximum absolute atomic E-state index is 15.2. The minimum Gasteiger partial charge on any atom is -0.508 e. The zero-order valence-electron chi connectivity index (χ0n) is 26.5. The molecule has 2 aliphatic carbocycles. The minimum absolute atomic E-state index is 0.0620. The molecule has 4 amide bonds. The predicted molar refractivity (Wildman–Crippen MR) is 182 cm³/mol. The maximum atomic E-state index is 15.2. The number of nitrogens with zero attached hydrogens (tertiary/aromatic N) is 3. The van der Waals surface area contributed by atoms with Crippen molar-refractivity contribution in [1.29, 1.82) is 0 Å². The predicted octanol–water partition coefficient (Wildman–Crippen LogP) is 6.33. The third-order valence-electron chi connectivity index (χ3n) is 10.5. The molecular weight excluding hydrogens is 796 g/mol. The number of allylic oxidation sites excluding steroid dienone is 2. The van der Waals surface area contributed by atoms with E-state index in [0.29, 0.717) is 37.9 Å². The smallest absolute Gasteiger partial charge is 0.417 e. The Balaban J connectivity index is 1.42. The first-order chi connectivity index (χ1) is 24.5. The molecule has 7 rings (SSSR count). The number of nitrogens with one attached hydrogen (secondary N) is 1. The standard InChI is InChI=1S/C35H26BrCl2F3N4O7/c36-17-3-8-25(46)22(12-17)28-19-6-7-20-27(32(51)44(30(20)49)10-9-26(47)48)21(19)13-23-31(50)45(33(52)34(23,28)15-1-4-18(37)5-2-15)43-29-24(38)11-16(14-42-29)35(39,40)41/h1-6,8,11-12,14,20-21,23,27-28,46H,7,9-10,13H2,(H,42,43)(H,47,48)/t20-,21+,23-,27-,28+,34+/m0/s1. The highest BCUT2D eigenvalue weighted by atomic mass is 79.9. The molecule has 2 saturated heterocycles. The summed E-state index contributed by atoms with van der Waals surface area (Å²) in [6.45, 7) is -0.341. The number of likely N-dealkylation sites (tertiary alicyclic amines) is 1. The molecule has 11 nitrogen and oxygen atoms in total. The first-order valence-electron chi connectivity index (χ1n) is 15.9. The third kappa shape index (κ3) is 5.55. The zero-order valence-corrected chi connectivity index (χ0v) is 29.6. The lowest BCUT2D eigenvalue weighted by Crippen LogP contribution is -2.53. The molecule has 52 heavy (non-hydrogen) atoms. The summed E-state index contributed by atoms with van der Waals surface area (Å²) >= 11 is 15.9. The lowest BCUT2D eigenvalue weighted by molar-refractivity contribution is -0.143. The monoisotopic (exact) mass is 820 g/mol. The zero-order chi connectivity index (χ0) is 37.4. The van der Waals surface area contributed by atoms with Crippen LogP contribution in [0.15, 0.2) is 70.8 Å². The van der Waals surface area contributed by atoms with Gasteiger partial charge in [-0.3, -0.25) is 34.3 Å². The number of aliphatic carboxylic acids is 1. The fourth-order valence-electron chi connectivity index (χ4n) is 8.38. The van der Waals surface area contributed by atoms with Crippen LogP contribution in [0.2, 0.25) is 10.0 Å². The van der Waals surface area contributed by atoms with Crippen molar-refractivity contribution in [3.8, 4) is 5.75 Å². The molecule has 1 aromatic heterocycles. The number of phenolic OH excluding ortho intramolecular Hbond substituents is 1. The number of hydrogen-bond donors (Lipinski definition) is 3. The van der Waals surface area contributed by atoms with Crippen LogP contribution in [-0.4, -0.2) is 61.2 Å². The molecule has 0 bridgehead atoms. The van der Waals surface area contributed by atoms with Gasteiger partial charge in [0.1, 0.15) is 5.75 Å². The molecule has 2 aromatic carbocycles. The van der Waals surface area contributed by atoms with Crippen LogP contribution in [-0.2, 0) is 35.6 Å². The third-order valence-corrected chi connectivity index (χ3v) is 11.5. The topological polar surface area (TPSA) is 157 Å². The van der Waals surface area contributed by atoms with E-state index in [1.165, 1.54) is 18.2 Å². The van der Waals surface area contributed by atoms with Gasteiger partial charge in [0.2, 0.25) is 11.8 Å². The van der Waals surface area contributed by atoms with E-state index in [4.69, 9.17) is 23.2 Å². The van der Waals surface area contributed by atoms with E-state index in [1.54, 1.807) is 30.3 Å². The molecule has 4 aliphatic rings. The molecule has 3 heterocycles. The minimum atomic E-state index is -4.77. The summed E-state index contributed by atoms with van der Waals surface area (Å²) in [5, 5.41) is 21.1. The van der Waals surface area contributed by atoms with Crippen LogP contribution in [0.4, 0.5) is 19.0 Å². The lowest BCUT2D eigenvalue weighted by atomic mass is 9.49. The molecule has 270 valence electrons. The van der Waals surface area contributed by atoms with Gasteiger partial charge in [-0.2, -0.15) is 18.2 Å². The summed E-state index contributed by atoms with van der Waals surface area (Å²) in [5.41, 5.74) is 0.602. The van der Waals surface area contributed by atoms with Crippen molar-refractivity contribution in [2.75, 3.05) is 12.0 Å². The second kappa shape index (κ2) is 12.9. The van der Waals surface area contributed by atoms with E-state index >= 15 is 4.79 Å². The summed E-state index contributed by atoms with van der Waals surface area (Å²) in [5.74, 6) is -9.73. The highest BCUT2D eigenvalue weighted by Crippen LogP contribution is 2.65. The van der Waals surface area contributed by atoms with Crippen LogP contribution >= 0.6 is 39.1 Å². The van der Waals surface area contributed by atoms with Crippen molar-refractivity contribution in [2.24, 2.45) is 23.7 Å². The molecule has 6 atom stereocenters. The Morgan fingerprint density at radius 1 is 1.02 bits per heavy atom. The summed E-state index contributed by atoms with van der Waals surface area (Å²) in [7, 11) is 0. The molecule has 3 fully saturated rings. The summed E-state index contributed by atoms with van der Waals surface area (Å²) < 4.78 is 40.7. The number of anilines is 1. The molecule has 0 unspecified atom stereocenters. The van der Waals surface area contributed by atoms with Crippen molar-refractivity contribution in [1.82, 2.24) is 14.9 Å². The fraction of sp³-hybridized carbons (Fsp3) is 0.314. The average molecular weight is 822 g/mol. The molecule has 0 spiro atoms. The van der Waals surface area contributed by atoms with Crippen LogP contribution in [0.25, 0.3) is 0 Å². The number of carbonyl (C=O) groups is 5. The van der Waals surface area contributed by atoms with Crippen LogP contribution < -0.4 is 5.43 Å². The Labute approximate surface area is 311 Å². The van der Waals surface area contributed by atoms with E-state index in [0.717, 1.165) is 4.90 Å². The first-order valence-corrected chi connectivity index (χ1v) is 17.5. The van der Waals surface area contributed by atoms with Crippen molar-refractivity contribution >= 4 is 74.5 Å². The molecule has 1 saturated carbocycles. The SMILES string of the molecule is O=C(O)CCN1C(=O)[C@H]2[C@H](CC=C3[C@H]2C[C@H]2C(=O)N(Nc4ncc(C(F)(F)F)cc4Cl)C(=O)[C@@]2(c2ccc(Cl)cc2)[C@H]3c2cc(Br)ccc2O)C1=O. The molecule has 17 heteroatoms. The lowest BCUT2D eigenvalue weighted by Gasteiger charge is -2.50. The van der Waals surface area contributed by atoms with Gasteiger partial charge in [0.05, 0.1) is 40.2 Å². The average Bonchev–Trinajstić information content (AvgIpc) is 3.46. The number of imide groups is 2. The number of carboxylic acids is 1. The molecule has 3 aromatic rings. The summed E-state index contributed by atoms with van der Waals surface area (Å²) in [4.78, 5) is 73.4. The largest absolute Gasteiger partial charge is 0.508 e. The second-order valence-electron chi connectivity index (χ2n) is 13.1. The van der Waals surface area contributed by atoms with Gasteiger partial charge in [-0.1, -0.05) is 62.9 Å². The number of alkyl halides is 3. The Kier molecular flexibility index (Phi) is 8.90. The van der Waals surface area contributed by atoms with Gasteiger partial charge in [-0.05, 0) is 60.7 Å². The Morgan fingerprint density at radius 3 is 2.38 bits per heavy atom. The number of phenols is 1. The second-order valence-corrected chi connectivity index (χ2v) is 14.9. The number of aromatic hydroxyl groups is 1. The van der Waals surface area contributed by atoms with E-state index in [-0.39, 0.29) is 30.7 Å². The van der Waals surface area contributed by atoms with Crippen molar-refractivity contribution in [3.63, 3.8) is 0 Å². The number of pyridine rings is 1. The number of hydrazine groups is 1. The quantitative estimate of drug-likeness (QED) is 0.183. The van der Waals surface area contributed by atoms with Crippen LogP contribution in [0.1, 0.15) is 41.9 Å². The number of halogens is 6. The highest BCUT2D eigenvalue weighted by molar-refractivity contribution is 9.10. The highest BCUT2D eigenvalue weighted by Gasteiger charge is 2.70. The van der Waals surface area contributed by atoms with Crippen molar-refractivity contribution in [3.05, 3.63) is 97.6 Å².